The van der Waals surface area contributed by atoms with E-state index in [2.05, 4.69) is 22.0 Å². The second kappa shape index (κ2) is 5.39. The first-order valence-electron chi connectivity index (χ1n) is 7.90. The van der Waals surface area contributed by atoms with Crippen LogP contribution < -0.4 is 9.47 Å². The van der Waals surface area contributed by atoms with E-state index in [-0.39, 0.29) is 17.3 Å². The number of ether oxygens (including phenoxy) is 4. The lowest BCUT2D eigenvalue weighted by atomic mass is 9.66. The highest BCUT2D eigenvalue weighted by molar-refractivity contribution is 9.09. The summed E-state index contributed by atoms with van der Waals surface area (Å²) >= 11 is 3.64. The van der Waals surface area contributed by atoms with Crippen LogP contribution in [0.3, 0.4) is 0 Å². The summed E-state index contributed by atoms with van der Waals surface area (Å²) in [6.45, 7) is 1.44. The fourth-order valence-corrected chi connectivity index (χ4v) is 4.95. The molecule has 0 bridgehead atoms. The fourth-order valence-electron chi connectivity index (χ4n) is 4.20. The van der Waals surface area contributed by atoms with Gasteiger partial charge in [0.2, 0.25) is 0 Å². The zero-order valence-corrected chi connectivity index (χ0v) is 14.4. The summed E-state index contributed by atoms with van der Waals surface area (Å²) in [5, 5.41) is 0.832. The average Bonchev–Trinajstić information content (AvgIpc) is 3.13. The molecule has 1 aromatic rings. The first-order valence-corrected chi connectivity index (χ1v) is 9.03. The van der Waals surface area contributed by atoms with Crippen LogP contribution in [0.1, 0.15) is 31.2 Å². The van der Waals surface area contributed by atoms with Gasteiger partial charge in [-0.2, -0.15) is 0 Å². The molecule has 1 atom stereocenters. The van der Waals surface area contributed by atoms with E-state index in [1.165, 1.54) is 5.56 Å². The van der Waals surface area contributed by atoms with E-state index in [1.807, 2.05) is 12.1 Å². The standard InChI is InChI=1S/C17H21BrO4/c1-19-12-2-3-14-13(10-12)16(15(11-18)22-14)4-6-17(7-5-16)20-8-9-21-17/h2-3,10,15H,4-9,11H2,1H3/t15-/m0/s1. The largest absolute Gasteiger partial charge is 0.497 e. The molecule has 0 aromatic heterocycles. The second-order valence-electron chi connectivity index (χ2n) is 6.39. The van der Waals surface area contributed by atoms with Crippen molar-refractivity contribution in [1.82, 2.24) is 0 Å². The van der Waals surface area contributed by atoms with E-state index >= 15 is 0 Å². The minimum Gasteiger partial charge on any atom is -0.497 e. The van der Waals surface area contributed by atoms with Crippen molar-refractivity contribution in [3.63, 3.8) is 0 Å². The van der Waals surface area contributed by atoms with Crippen molar-refractivity contribution >= 4 is 15.9 Å². The van der Waals surface area contributed by atoms with Gasteiger partial charge in [-0.25, -0.2) is 0 Å². The van der Waals surface area contributed by atoms with Gasteiger partial charge in [0, 0.05) is 29.2 Å². The molecule has 0 amide bonds. The highest BCUT2D eigenvalue weighted by Gasteiger charge is 2.54. The van der Waals surface area contributed by atoms with Crippen molar-refractivity contribution in [1.29, 1.82) is 0 Å². The van der Waals surface area contributed by atoms with Gasteiger partial charge in [0.15, 0.2) is 5.79 Å². The highest BCUT2D eigenvalue weighted by atomic mass is 79.9. The van der Waals surface area contributed by atoms with Gasteiger partial charge in [0.05, 0.1) is 20.3 Å². The number of hydrogen-bond acceptors (Lipinski definition) is 4. The van der Waals surface area contributed by atoms with Crippen molar-refractivity contribution < 1.29 is 18.9 Å². The minimum absolute atomic E-state index is 0.0356. The zero-order chi connectivity index (χ0) is 15.2. The second-order valence-corrected chi connectivity index (χ2v) is 7.03. The number of benzene rings is 1. The van der Waals surface area contributed by atoms with E-state index in [0.29, 0.717) is 0 Å². The van der Waals surface area contributed by atoms with Crippen molar-refractivity contribution in [3.8, 4) is 11.5 Å². The molecule has 2 fully saturated rings. The van der Waals surface area contributed by atoms with Crippen LogP contribution in [0.15, 0.2) is 18.2 Å². The molecular formula is C17H21BrO4. The fraction of sp³-hybridized carbons (Fsp3) is 0.647. The quantitative estimate of drug-likeness (QED) is 0.749. The molecule has 2 heterocycles. The van der Waals surface area contributed by atoms with Gasteiger partial charge in [-0.15, -0.1) is 0 Å². The molecule has 2 spiro atoms. The van der Waals surface area contributed by atoms with Crippen LogP contribution in [0.4, 0.5) is 0 Å². The molecule has 1 saturated heterocycles. The Bertz CT molecular complexity index is 558. The van der Waals surface area contributed by atoms with Gasteiger partial charge >= 0.3 is 0 Å². The molecule has 4 nitrogen and oxygen atoms in total. The van der Waals surface area contributed by atoms with Gasteiger partial charge in [-0.3, -0.25) is 0 Å². The van der Waals surface area contributed by atoms with Crippen LogP contribution >= 0.6 is 15.9 Å². The molecule has 1 saturated carbocycles. The van der Waals surface area contributed by atoms with Gasteiger partial charge in [-0.05, 0) is 31.0 Å². The molecule has 0 unspecified atom stereocenters. The molecule has 4 rings (SSSR count). The number of alkyl halides is 1. The molecule has 2 aliphatic heterocycles. The van der Waals surface area contributed by atoms with Crippen LogP contribution in [-0.4, -0.2) is 37.5 Å². The topological polar surface area (TPSA) is 36.9 Å². The maximum Gasteiger partial charge on any atom is 0.168 e. The first kappa shape index (κ1) is 14.8. The molecule has 22 heavy (non-hydrogen) atoms. The molecule has 0 radical (unpaired) electrons. The molecule has 1 aromatic carbocycles. The van der Waals surface area contributed by atoms with Gasteiger partial charge in [-0.1, -0.05) is 15.9 Å². The third-order valence-electron chi connectivity index (χ3n) is 5.47. The monoisotopic (exact) mass is 368 g/mol. The third-order valence-corrected chi connectivity index (χ3v) is 6.05. The van der Waals surface area contributed by atoms with Crippen LogP contribution in [0, 0.1) is 0 Å². The summed E-state index contributed by atoms with van der Waals surface area (Å²) in [6, 6.07) is 6.15. The Morgan fingerprint density at radius 3 is 2.55 bits per heavy atom. The average molecular weight is 369 g/mol. The Morgan fingerprint density at radius 2 is 1.91 bits per heavy atom. The van der Waals surface area contributed by atoms with Crippen LogP contribution in [0.2, 0.25) is 0 Å². The molecule has 3 aliphatic rings. The SMILES string of the molecule is COc1ccc2c(c1)C1(CCC3(CC1)OCCO3)[C@H](CBr)O2. The normalized spacial score (nSPS) is 27.8. The number of rotatable bonds is 2. The Morgan fingerprint density at radius 1 is 1.18 bits per heavy atom. The lowest BCUT2D eigenvalue weighted by Crippen LogP contribution is -2.47. The van der Waals surface area contributed by atoms with Crippen LogP contribution in [0.5, 0.6) is 11.5 Å². The Labute approximate surface area is 139 Å². The summed E-state index contributed by atoms with van der Waals surface area (Å²) in [5.41, 5.74) is 1.32. The van der Waals surface area contributed by atoms with Crippen molar-refractivity contribution in [3.05, 3.63) is 23.8 Å². The Kier molecular flexibility index (Phi) is 3.62. The third kappa shape index (κ3) is 2.09. The smallest absolute Gasteiger partial charge is 0.168 e. The van der Waals surface area contributed by atoms with Gasteiger partial charge in [0.1, 0.15) is 17.6 Å². The van der Waals surface area contributed by atoms with Crippen LogP contribution in [0.25, 0.3) is 0 Å². The van der Waals surface area contributed by atoms with Gasteiger partial charge in [0.25, 0.3) is 0 Å². The molecule has 0 N–H and O–H groups in total. The summed E-state index contributed by atoms with van der Waals surface area (Å²) < 4.78 is 23.4. The molecular weight excluding hydrogens is 348 g/mol. The summed E-state index contributed by atoms with van der Waals surface area (Å²) in [6.07, 6.45) is 4.05. The lowest BCUT2D eigenvalue weighted by Gasteiger charge is -2.43. The van der Waals surface area contributed by atoms with Crippen molar-refractivity contribution in [2.45, 2.75) is 43.0 Å². The predicted octanol–water partition coefficient (Wildman–Crippen LogP) is 3.41. The number of halogens is 1. The Hall–Kier alpha value is -0.780. The maximum absolute atomic E-state index is 6.22. The zero-order valence-electron chi connectivity index (χ0n) is 12.8. The molecule has 5 heteroatoms. The molecule has 1 aliphatic carbocycles. The number of hydrogen-bond donors (Lipinski definition) is 0. The first-order chi connectivity index (χ1) is 10.7. The van der Waals surface area contributed by atoms with E-state index in [4.69, 9.17) is 18.9 Å². The summed E-state index contributed by atoms with van der Waals surface area (Å²) in [4.78, 5) is 0. The number of methoxy groups -OCH3 is 1. The highest BCUT2D eigenvalue weighted by Crippen LogP contribution is 2.55. The Balaban J connectivity index is 1.68. The molecule has 120 valence electrons. The lowest BCUT2D eigenvalue weighted by molar-refractivity contribution is -0.187. The van der Waals surface area contributed by atoms with Crippen molar-refractivity contribution in [2.24, 2.45) is 0 Å². The van der Waals surface area contributed by atoms with Gasteiger partial charge < -0.3 is 18.9 Å². The van der Waals surface area contributed by atoms with E-state index in [0.717, 1.165) is 55.7 Å². The van der Waals surface area contributed by atoms with E-state index < -0.39 is 0 Å². The van der Waals surface area contributed by atoms with Crippen molar-refractivity contribution in [2.75, 3.05) is 25.7 Å². The van der Waals surface area contributed by atoms with E-state index in [1.54, 1.807) is 7.11 Å². The summed E-state index contributed by atoms with van der Waals surface area (Å²) in [5.74, 6) is 1.55. The minimum atomic E-state index is -0.344. The number of fused-ring (bicyclic) bond motifs is 2. The van der Waals surface area contributed by atoms with E-state index in [9.17, 15) is 0 Å². The maximum atomic E-state index is 6.22. The summed E-state index contributed by atoms with van der Waals surface area (Å²) in [7, 11) is 1.71. The van der Waals surface area contributed by atoms with Crippen LogP contribution in [-0.2, 0) is 14.9 Å². The predicted molar refractivity (Wildman–Crippen MR) is 86.0 cm³/mol.